The average molecular weight is 402 g/mol. The Balaban J connectivity index is 1.48. The lowest BCUT2D eigenvalue weighted by molar-refractivity contribution is -0.117. The molecule has 152 valence electrons. The van der Waals surface area contributed by atoms with Gasteiger partial charge in [-0.1, -0.05) is 0 Å². The molecular weight excluding hydrogens is 382 g/mol. The van der Waals surface area contributed by atoms with Gasteiger partial charge in [0.25, 0.3) is 0 Å². The molecule has 1 unspecified atom stereocenters. The van der Waals surface area contributed by atoms with Crippen LogP contribution in [0.2, 0.25) is 0 Å². The standard InChI is InChI=1S/C19H20F2N6O2/c20-19(21)27-17(15(10-23-27)29-14-3-5-22-9-14)12-4-6-26-13(7-12)8-16(25-26)24-18(28)11-1-2-11/h4,6-8,10-11,14,19,22H,1-3,5,9H2,(H,24,25,28). The zero-order chi connectivity index (χ0) is 20.0. The summed E-state index contributed by atoms with van der Waals surface area (Å²) in [7, 11) is 0. The number of halogens is 2. The predicted molar refractivity (Wildman–Crippen MR) is 101 cm³/mol. The second-order valence-electron chi connectivity index (χ2n) is 7.39. The minimum absolute atomic E-state index is 0.0368. The molecule has 1 saturated carbocycles. The lowest BCUT2D eigenvalue weighted by Gasteiger charge is -2.14. The van der Waals surface area contributed by atoms with Gasteiger partial charge in [-0.15, -0.1) is 0 Å². The van der Waals surface area contributed by atoms with Crippen LogP contribution >= 0.6 is 0 Å². The van der Waals surface area contributed by atoms with Gasteiger partial charge in [-0.25, -0.2) is 4.52 Å². The van der Waals surface area contributed by atoms with Crippen LogP contribution in [0.4, 0.5) is 14.6 Å². The van der Waals surface area contributed by atoms with Crippen LogP contribution in [0.1, 0.15) is 25.8 Å². The first kappa shape index (κ1) is 18.0. The maximum absolute atomic E-state index is 13.6. The topological polar surface area (TPSA) is 85.5 Å². The minimum Gasteiger partial charge on any atom is -0.485 e. The van der Waals surface area contributed by atoms with E-state index in [4.69, 9.17) is 4.74 Å². The Morgan fingerprint density at radius 2 is 2.17 bits per heavy atom. The third-order valence-corrected chi connectivity index (χ3v) is 5.19. The third kappa shape index (κ3) is 3.55. The van der Waals surface area contributed by atoms with E-state index >= 15 is 0 Å². The molecule has 29 heavy (non-hydrogen) atoms. The van der Waals surface area contributed by atoms with E-state index in [0.717, 1.165) is 25.8 Å². The van der Waals surface area contributed by atoms with Crippen molar-refractivity contribution in [1.29, 1.82) is 0 Å². The number of ether oxygens (including phenoxy) is 1. The number of aromatic nitrogens is 4. The van der Waals surface area contributed by atoms with Crippen molar-refractivity contribution in [3.63, 3.8) is 0 Å². The summed E-state index contributed by atoms with van der Waals surface area (Å²) < 4.78 is 35.3. The average Bonchev–Trinajstić information content (AvgIpc) is 3.09. The summed E-state index contributed by atoms with van der Waals surface area (Å²) in [6.45, 7) is -1.29. The largest absolute Gasteiger partial charge is 0.485 e. The molecule has 1 saturated heterocycles. The van der Waals surface area contributed by atoms with E-state index in [0.29, 0.717) is 33.9 Å². The normalized spacial score (nSPS) is 19.2. The van der Waals surface area contributed by atoms with Gasteiger partial charge in [0.2, 0.25) is 5.91 Å². The third-order valence-electron chi connectivity index (χ3n) is 5.19. The summed E-state index contributed by atoms with van der Waals surface area (Å²) in [6, 6.07) is 5.13. The van der Waals surface area contributed by atoms with Crippen LogP contribution in [0.25, 0.3) is 16.8 Å². The van der Waals surface area contributed by atoms with Gasteiger partial charge >= 0.3 is 6.55 Å². The van der Waals surface area contributed by atoms with E-state index < -0.39 is 6.55 Å². The summed E-state index contributed by atoms with van der Waals surface area (Å²) >= 11 is 0. The van der Waals surface area contributed by atoms with E-state index in [1.54, 1.807) is 28.9 Å². The lowest BCUT2D eigenvalue weighted by Crippen LogP contribution is -2.19. The van der Waals surface area contributed by atoms with Crippen LogP contribution in [-0.4, -0.2) is 44.5 Å². The number of carbonyl (C=O) groups is 1. The van der Waals surface area contributed by atoms with Crippen molar-refractivity contribution < 1.29 is 18.3 Å². The van der Waals surface area contributed by atoms with Gasteiger partial charge < -0.3 is 15.4 Å². The SMILES string of the molecule is O=C(Nc1cc2cc(-c3c(OC4CCNC4)cnn3C(F)F)ccn2n1)C1CC1. The number of anilines is 1. The first-order valence-corrected chi connectivity index (χ1v) is 9.62. The maximum Gasteiger partial charge on any atom is 0.333 e. The molecule has 0 radical (unpaired) electrons. The number of pyridine rings is 1. The number of nitrogens with one attached hydrogen (secondary N) is 2. The molecule has 0 aromatic carbocycles. The van der Waals surface area contributed by atoms with Crippen molar-refractivity contribution in [3.8, 4) is 17.0 Å². The van der Waals surface area contributed by atoms with Crippen LogP contribution in [0.15, 0.2) is 30.6 Å². The molecule has 0 bridgehead atoms. The molecule has 1 aliphatic carbocycles. The zero-order valence-electron chi connectivity index (χ0n) is 15.5. The van der Waals surface area contributed by atoms with Crippen molar-refractivity contribution in [3.05, 3.63) is 30.6 Å². The minimum atomic E-state index is -2.79. The number of alkyl halides is 2. The molecule has 8 nitrogen and oxygen atoms in total. The van der Waals surface area contributed by atoms with Gasteiger partial charge in [-0.05, 0) is 37.9 Å². The van der Waals surface area contributed by atoms with Gasteiger partial charge in [-0.3, -0.25) is 4.79 Å². The molecule has 10 heteroatoms. The first-order valence-electron chi connectivity index (χ1n) is 9.62. The second kappa shape index (κ2) is 7.11. The molecule has 3 aromatic rings. The van der Waals surface area contributed by atoms with Crippen molar-refractivity contribution in [1.82, 2.24) is 24.7 Å². The highest BCUT2D eigenvalue weighted by Crippen LogP contribution is 2.35. The zero-order valence-corrected chi connectivity index (χ0v) is 15.5. The molecule has 4 heterocycles. The van der Waals surface area contributed by atoms with Crippen LogP contribution in [0.3, 0.4) is 0 Å². The highest BCUT2D eigenvalue weighted by molar-refractivity contribution is 5.93. The van der Waals surface area contributed by atoms with Crippen LogP contribution in [0, 0.1) is 5.92 Å². The number of rotatable bonds is 6. The number of amides is 1. The fourth-order valence-electron chi connectivity index (χ4n) is 3.54. The van der Waals surface area contributed by atoms with Gasteiger partial charge in [0.1, 0.15) is 11.8 Å². The summed E-state index contributed by atoms with van der Waals surface area (Å²) in [5.74, 6) is 0.797. The lowest BCUT2D eigenvalue weighted by atomic mass is 10.1. The fourth-order valence-corrected chi connectivity index (χ4v) is 3.54. The molecule has 2 aliphatic rings. The summed E-state index contributed by atoms with van der Waals surface area (Å²) in [5, 5.41) is 14.1. The summed E-state index contributed by atoms with van der Waals surface area (Å²) in [5.41, 5.74) is 1.43. The Hall–Kier alpha value is -3.01. The van der Waals surface area contributed by atoms with E-state index in [1.807, 2.05) is 0 Å². The van der Waals surface area contributed by atoms with E-state index in [1.165, 1.54) is 6.20 Å². The Bertz CT molecular complexity index is 1050. The van der Waals surface area contributed by atoms with Crippen molar-refractivity contribution in [2.75, 3.05) is 18.4 Å². The van der Waals surface area contributed by atoms with Gasteiger partial charge in [-0.2, -0.15) is 23.7 Å². The molecule has 1 amide bonds. The predicted octanol–water partition coefficient (Wildman–Crippen LogP) is 2.68. The Labute approximate surface area is 164 Å². The van der Waals surface area contributed by atoms with Gasteiger partial charge in [0.15, 0.2) is 11.6 Å². The molecule has 1 aliphatic heterocycles. The van der Waals surface area contributed by atoms with Crippen molar-refractivity contribution in [2.45, 2.75) is 31.9 Å². The number of fused-ring (bicyclic) bond motifs is 1. The molecule has 3 aromatic heterocycles. The molecular formula is C19H20F2N6O2. The highest BCUT2D eigenvalue weighted by atomic mass is 19.3. The molecule has 5 rings (SSSR count). The smallest absolute Gasteiger partial charge is 0.333 e. The molecule has 0 spiro atoms. The number of hydrogen-bond acceptors (Lipinski definition) is 5. The summed E-state index contributed by atoms with van der Waals surface area (Å²) in [6.07, 6.45) is 5.54. The van der Waals surface area contributed by atoms with Crippen molar-refractivity contribution in [2.24, 2.45) is 5.92 Å². The number of carbonyl (C=O) groups excluding carboxylic acids is 1. The Morgan fingerprint density at radius 3 is 2.90 bits per heavy atom. The first-order chi connectivity index (χ1) is 14.1. The van der Waals surface area contributed by atoms with Gasteiger partial charge in [0.05, 0.1) is 11.7 Å². The number of nitrogens with zero attached hydrogens (tertiary/aromatic N) is 4. The Kier molecular flexibility index (Phi) is 4.42. The van der Waals surface area contributed by atoms with E-state index in [-0.39, 0.29) is 23.6 Å². The quantitative estimate of drug-likeness (QED) is 0.662. The maximum atomic E-state index is 13.6. The number of hydrogen-bond donors (Lipinski definition) is 2. The van der Waals surface area contributed by atoms with Crippen molar-refractivity contribution >= 4 is 17.2 Å². The second-order valence-corrected chi connectivity index (χ2v) is 7.39. The van der Waals surface area contributed by atoms with Crippen LogP contribution < -0.4 is 15.4 Å². The van der Waals surface area contributed by atoms with Gasteiger partial charge in [0, 0.05) is 30.3 Å². The molecule has 2 fully saturated rings. The highest BCUT2D eigenvalue weighted by Gasteiger charge is 2.30. The molecule has 2 N–H and O–H groups in total. The monoisotopic (exact) mass is 402 g/mol. The van der Waals surface area contributed by atoms with E-state index in [9.17, 15) is 13.6 Å². The van der Waals surface area contributed by atoms with E-state index in [2.05, 4.69) is 20.8 Å². The van der Waals surface area contributed by atoms with Crippen LogP contribution in [0.5, 0.6) is 5.75 Å². The fraction of sp³-hybridized carbons (Fsp3) is 0.421. The van der Waals surface area contributed by atoms with Crippen LogP contribution in [-0.2, 0) is 4.79 Å². The Morgan fingerprint density at radius 1 is 1.31 bits per heavy atom. The summed E-state index contributed by atoms with van der Waals surface area (Å²) in [4.78, 5) is 12.0. The molecule has 1 atom stereocenters.